The molecule has 112 valence electrons. The number of nitrogens with one attached hydrogen (secondary N) is 1. The molecule has 1 aromatic rings. The third kappa shape index (κ3) is 3.62. The normalized spacial score (nSPS) is 14.7. The van der Waals surface area contributed by atoms with Gasteiger partial charge in [0.2, 0.25) is 0 Å². The van der Waals surface area contributed by atoms with E-state index in [0.717, 1.165) is 37.6 Å². The number of nitrogens with zero attached hydrogens (tertiary/aromatic N) is 3. The Labute approximate surface area is 123 Å². The summed E-state index contributed by atoms with van der Waals surface area (Å²) in [6, 6.07) is 0.691. The van der Waals surface area contributed by atoms with Crippen molar-refractivity contribution in [2.24, 2.45) is 5.92 Å². The minimum atomic E-state index is 0.655. The number of aromatic nitrogens is 2. The van der Waals surface area contributed by atoms with Gasteiger partial charge in [-0.15, -0.1) is 0 Å². The Morgan fingerprint density at radius 1 is 1.30 bits per heavy atom. The van der Waals surface area contributed by atoms with Gasteiger partial charge in [-0.25, -0.2) is 9.97 Å². The Morgan fingerprint density at radius 2 is 2.05 bits per heavy atom. The van der Waals surface area contributed by atoms with Crippen molar-refractivity contribution in [2.75, 3.05) is 23.3 Å². The third-order valence-corrected chi connectivity index (χ3v) is 3.64. The fourth-order valence-electron chi connectivity index (χ4n) is 2.56. The molecule has 1 N–H and O–H groups in total. The Hall–Kier alpha value is -1.32. The van der Waals surface area contributed by atoms with Gasteiger partial charge in [0.15, 0.2) is 0 Å². The van der Waals surface area contributed by atoms with Crippen molar-refractivity contribution in [3.05, 3.63) is 11.9 Å². The smallest absolute Gasteiger partial charge is 0.137 e. The van der Waals surface area contributed by atoms with Gasteiger partial charge in [-0.3, -0.25) is 0 Å². The minimum absolute atomic E-state index is 0.655. The molecule has 4 heteroatoms. The largest absolute Gasteiger partial charge is 0.370 e. The average molecular weight is 276 g/mol. The first-order chi connectivity index (χ1) is 9.67. The molecule has 1 heterocycles. The predicted octanol–water partition coefficient (Wildman–Crippen LogP) is 3.49. The molecule has 1 saturated carbocycles. The van der Waals surface area contributed by atoms with Gasteiger partial charge in [-0.2, -0.15) is 0 Å². The van der Waals surface area contributed by atoms with E-state index in [2.05, 4.69) is 47.9 Å². The first kappa shape index (κ1) is 15.1. The molecule has 0 amide bonds. The summed E-state index contributed by atoms with van der Waals surface area (Å²) < 4.78 is 0. The Kier molecular flexibility index (Phi) is 5.21. The first-order valence-corrected chi connectivity index (χ1v) is 8.01. The molecule has 1 aliphatic carbocycles. The lowest BCUT2D eigenvalue weighted by atomic mass is 10.1. The maximum Gasteiger partial charge on any atom is 0.137 e. The van der Waals surface area contributed by atoms with Gasteiger partial charge >= 0.3 is 0 Å². The molecule has 2 rings (SSSR count). The van der Waals surface area contributed by atoms with Crippen LogP contribution in [-0.4, -0.2) is 29.1 Å². The van der Waals surface area contributed by atoms with E-state index in [9.17, 15) is 0 Å². The van der Waals surface area contributed by atoms with Crippen molar-refractivity contribution in [1.29, 1.82) is 0 Å². The zero-order valence-corrected chi connectivity index (χ0v) is 13.3. The maximum atomic E-state index is 4.61. The number of hydrogen-bond donors (Lipinski definition) is 1. The van der Waals surface area contributed by atoms with E-state index in [4.69, 9.17) is 0 Å². The van der Waals surface area contributed by atoms with Crippen molar-refractivity contribution in [2.45, 2.75) is 59.4 Å². The maximum absolute atomic E-state index is 4.61. The summed E-state index contributed by atoms with van der Waals surface area (Å²) in [5, 5.41) is 3.44. The highest BCUT2D eigenvalue weighted by atomic mass is 15.2. The van der Waals surface area contributed by atoms with E-state index in [1.54, 1.807) is 6.33 Å². The topological polar surface area (TPSA) is 41.1 Å². The Morgan fingerprint density at radius 3 is 2.60 bits per heavy atom. The molecule has 20 heavy (non-hydrogen) atoms. The molecule has 0 bridgehead atoms. The van der Waals surface area contributed by atoms with Crippen LogP contribution in [0.4, 0.5) is 11.6 Å². The highest BCUT2D eigenvalue weighted by molar-refractivity contribution is 5.59. The molecule has 0 unspecified atom stereocenters. The molecule has 0 aliphatic heterocycles. The molecular formula is C16H28N4. The molecule has 0 radical (unpaired) electrons. The van der Waals surface area contributed by atoms with Crippen LogP contribution in [0.1, 0.15) is 52.5 Å². The second kappa shape index (κ2) is 6.91. The van der Waals surface area contributed by atoms with Crippen LogP contribution in [-0.2, 0) is 6.42 Å². The van der Waals surface area contributed by atoms with Gasteiger partial charge in [0.25, 0.3) is 0 Å². The van der Waals surface area contributed by atoms with Crippen LogP contribution in [0.25, 0.3) is 0 Å². The third-order valence-electron chi connectivity index (χ3n) is 3.64. The van der Waals surface area contributed by atoms with Gasteiger partial charge in [-0.05, 0) is 31.6 Å². The van der Waals surface area contributed by atoms with Crippen molar-refractivity contribution >= 4 is 11.6 Å². The predicted molar refractivity (Wildman–Crippen MR) is 85.4 cm³/mol. The molecule has 1 fully saturated rings. The van der Waals surface area contributed by atoms with Crippen LogP contribution in [0.2, 0.25) is 0 Å². The molecule has 0 atom stereocenters. The zero-order chi connectivity index (χ0) is 14.5. The van der Waals surface area contributed by atoms with Crippen LogP contribution in [0.15, 0.2) is 6.33 Å². The summed E-state index contributed by atoms with van der Waals surface area (Å²) in [5.74, 6) is 2.83. The second-order valence-corrected chi connectivity index (χ2v) is 6.08. The molecule has 0 saturated heterocycles. The highest BCUT2D eigenvalue weighted by Crippen LogP contribution is 2.34. The number of rotatable bonds is 8. The molecule has 1 aromatic heterocycles. The van der Waals surface area contributed by atoms with Gasteiger partial charge in [0, 0.05) is 24.7 Å². The Balaban J connectivity index is 2.28. The fraction of sp³-hybridized carbons (Fsp3) is 0.750. The lowest BCUT2D eigenvalue weighted by molar-refractivity contribution is 0.600. The standard InChI is InChI=1S/C16H28N4/c1-5-9-17-15-14(6-2)16(19-11-18-15)20(10-12(3)4)13-7-8-13/h11-13H,5-10H2,1-4H3,(H,17,18,19). The summed E-state index contributed by atoms with van der Waals surface area (Å²) in [6.45, 7) is 11.0. The zero-order valence-electron chi connectivity index (χ0n) is 13.3. The number of anilines is 2. The second-order valence-electron chi connectivity index (χ2n) is 6.08. The summed E-state index contributed by atoms with van der Waals surface area (Å²) in [6.07, 6.45) is 6.40. The average Bonchev–Trinajstić information content (AvgIpc) is 3.26. The van der Waals surface area contributed by atoms with E-state index in [-0.39, 0.29) is 0 Å². The van der Waals surface area contributed by atoms with Crippen LogP contribution in [0.3, 0.4) is 0 Å². The van der Waals surface area contributed by atoms with Crippen LogP contribution in [0, 0.1) is 5.92 Å². The first-order valence-electron chi connectivity index (χ1n) is 8.01. The molecule has 1 aliphatic rings. The van der Waals surface area contributed by atoms with Crippen molar-refractivity contribution < 1.29 is 0 Å². The molecular weight excluding hydrogens is 248 g/mol. The quantitative estimate of drug-likeness (QED) is 0.789. The summed E-state index contributed by atoms with van der Waals surface area (Å²) in [4.78, 5) is 11.6. The van der Waals surface area contributed by atoms with E-state index in [1.807, 2.05) is 0 Å². The monoisotopic (exact) mass is 276 g/mol. The summed E-state index contributed by atoms with van der Waals surface area (Å²) >= 11 is 0. The van der Waals surface area contributed by atoms with Crippen LogP contribution >= 0.6 is 0 Å². The molecule has 4 nitrogen and oxygen atoms in total. The fourth-order valence-corrected chi connectivity index (χ4v) is 2.56. The van der Waals surface area contributed by atoms with Crippen LogP contribution in [0.5, 0.6) is 0 Å². The van der Waals surface area contributed by atoms with E-state index in [1.165, 1.54) is 18.4 Å². The van der Waals surface area contributed by atoms with Gasteiger partial charge < -0.3 is 10.2 Å². The van der Waals surface area contributed by atoms with E-state index < -0.39 is 0 Å². The Bertz CT molecular complexity index is 426. The van der Waals surface area contributed by atoms with Gasteiger partial charge in [-0.1, -0.05) is 27.7 Å². The highest BCUT2D eigenvalue weighted by Gasteiger charge is 2.32. The van der Waals surface area contributed by atoms with Crippen molar-refractivity contribution in [3.63, 3.8) is 0 Å². The van der Waals surface area contributed by atoms with Crippen molar-refractivity contribution in [3.8, 4) is 0 Å². The van der Waals surface area contributed by atoms with Gasteiger partial charge in [0.1, 0.15) is 18.0 Å². The minimum Gasteiger partial charge on any atom is -0.370 e. The van der Waals surface area contributed by atoms with E-state index in [0.29, 0.717) is 12.0 Å². The van der Waals surface area contributed by atoms with E-state index >= 15 is 0 Å². The lowest BCUT2D eigenvalue weighted by Gasteiger charge is -2.28. The SMILES string of the molecule is CCCNc1ncnc(N(CC(C)C)C2CC2)c1CC. The molecule has 0 spiro atoms. The lowest BCUT2D eigenvalue weighted by Crippen LogP contribution is -2.32. The summed E-state index contributed by atoms with van der Waals surface area (Å²) in [7, 11) is 0. The summed E-state index contributed by atoms with van der Waals surface area (Å²) in [5.41, 5.74) is 1.27. The van der Waals surface area contributed by atoms with Crippen LogP contribution < -0.4 is 10.2 Å². The number of hydrogen-bond acceptors (Lipinski definition) is 4. The molecule has 0 aromatic carbocycles. The van der Waals surface area contributed by atoms with Crippen molar-refractivity contribution in [1.82, 2.24) is 9.97 Å². The van der Waals surface area contributed by atoms with Gasteiger partial charge in [0.05, 0.1) is 0 Å².